The summed E-state index contributed by atoms with van der Waals surface area (Å²) in [6.45, 7) is 0. The van der Waals surface area contributed by atoms with Crippen molar-refractivity contribution in [1.82, 2.24) is 0 Å². The Morgan fingerprint density at radius 3 is 1.74 bits per heavy atom. The molecular weight excluding hydrogens is 311 g/mol. The molecule has 0 fully saturated rings. The predicted octanol–water partition coefficient (Wildman–Crippen LogP) is 3.79. The van der Waals surface area contributed by atoms with E-state index >= 15 is 0 Å². The minimum atomic E-state index is -2.61. The van der Waals surface area contributed by atoms with Crippen molar-refractivity contribution in [1.29, 1.82) is 0 Å². The summed E-state index contributed by atoms with van der Waals surface area (Å²) in [5, 5.41) is 20.5. The molecule has 0 saturated carbocycles. The first kappa shape index (κ1) is 15.2. The van der Waals surface area contributed by atoms with Crippen LogP contribution in [0, 0.1) is 0 Å². The van der Waals surface area contributed by atoms with Gasteiger partial charge >= 0.3 is 8.03 Å². The van der Waals surface area contributed by atoms with E-state index in [4.69, 9.17) is 0 Å². The molecule has 1 unspecified atom stereocenters. The third kappa shape index (κ3) is 2.82. The van der Waals surface area contributed by atoms with Crippen LogP contribution in [-0.2, 0) is 4.57 Å². The highest BCUT2D eigenvalue weighted by atomic mass is 31.1. The van der Waals surface area contributed by atoms with E-state index in [9.17, 15) is 19.7 Å². The molecule has 23 heavy (non-hydrogen) atoms. The number of hydrogen-bond acceptors (Lipinski definition) is 3. The van der Waals surface area contributed by atoms with Crippen LogP contribution < -0.4 is 5.30 Å². The SMILES string of the molecule is O=[P+](O)c1cccc(-c2ccccc2O)c1-c1ccccc1O. The van der Waals surface area contributed by atoms with Crippen LogP contribution in [0.15, 0.2) is 66.7 Å². The Morgan fingerprint density at radius 2 is 1.17 bits per heavy atom. The van der Waals surface area contributed by atoms with Crippen LogP contribution in [0.25, 0.3) is 22.3 Å². The van der Waals surface area contributed by atoms with Crippen LogP contribution in [0.3, 0.4) is 0 Å². The van der Waals surface area contributed by atoms with Gasteiger partial charge in [-0.3, -0.25) is 0 Å². The molecule has 3 aromatic carbocycles. The number of aromatic hydroxyl groups is 2. The third-order valence-corrected chi connectivity index (χ3v) is 4.40. The van der Waals surface area contributed by atoms with Gasteiger partial charge in [0.25, 0.3) is 0 Å². The molecule has 0 amide bonds. The summed E-state index contributed by atoms with van der Waals surface area (Å²) in [5.41, 5.74) is 2.00. The fraction of sp³-hybridized carbons (Fsp3) is 0. The highest BCUT2D eigenvalue weighted by molar-refractivity contribution is 7.47. The average Bonchev–Trinajstić information content (AvgIpc) is 2.55. The molecule has 0 spiro atoms. The maximum absolute atomic E-state index is 11.8. The number of para-hydroxylation sites is 2. The van der Waals surface area contributed by atoms with Crippen molar-refractivity contribution in [2.45, 2.75) is 0 Å². The smallest absolute Gasteiger partial charge is 0.507 e. The molecule has 114 valence electrons. The van der Waals surface area contributed by atoms with Crippen molar-refractivity contribution in [2.24, 2.45) is 0 Å². The number of hydrogen-bond donors (Lipinski definition) is 3. The standard InChI is InChI=1S/C18H13O4P/c19-15-9-3-1-6-12(15)13-8-5-11-17(23(21)22)18(13)14-7-2-4-10-16(14)20/h1-11H,(H2-,19,20,21,22)/p+1. The minimum Gasteiger partial charge on any atom is -0.507 e. The van der Waals surface area contributed by atoms with Gasteiger partial charge in [-0.05, 0) is 28.3 Å². The number of phenolic OH excluding ortho intramolecular Hbond substituents is 2. The summed E-state index contributed by atoms with van der Waals surface area (Å²) >= 11 is 0. The van der Waals surface area contributed by atoms with Gasteiger partial charge in [-0.15, -0.1) is 0 Å². The molecule has 0 heterocycles. The zero-order valence-electron chi connectivity index (χ0n) is 12.0. The van der Waals surface area contributed by atoms with Crippen LogP contribution >= 0.6 is 8.03 Å². The molecule has 0 aromatic heterocycles. The van der Waals surface area contributed by atoms with E-state index in [1.807, 2.05) is 0 Å². The topological polar surface area (TPSA) is 77.8 Å². The van der Waals surface area contributed by atoms with Gasteiger partial charge in [-0.2, -0.15) is 4.89 Å². The van der Waals surface area contributed by atoms with E-state index in [0.29, 0.717) is 22.3 Å². The summed E-state index contributed by atoms with van der Waals surface area (Å²) in [6, 6.07) is 18.3. The molecule has 0 aliphatic carbocycles. The van der Waals surface area contributed by atoms with E-state index < -0.39 is 8.03 Å². The molecule has 5 heteroatoms. The van der Waals surface area contributed by atoms with Gasteiger partial charge in [0.2, 0.25) is 5.30 Å². The average molecular weight is 325 g/mol. The van der Waals surface area contributed by atoms with Crippen molar-refractivity contribution in [3.8, 4) is 33.8 Å². The number of rotatable bonds is 3. The summed E-state index contributed by atoms with van der Waals surface area (Å²) in [4.78, 5) is 9.66. The van der Waals surface area contributed by atoms with Gasteiger partial charge in [-0.25, -0.2) is 0 Å². The molecule has 0 aliphatic rings. The van der Waals surface area contributed by atoms with Crippen molar-refractivity contribution in [3.63, 3.8) is 0 Å². The molecule has 0 bridgehead atoms. The highest BCUT2D eigenvalue weighted by Crippen LogP contribution is 2.41. The van der Waals surface area contributed by atoms with E-state index in [1.165, 1.54) is 6.07 Å². The number of benzene rings is 3. The Kier molecular flexibility index (Phi) is 4.11. The lowest BCUT2D eigenvalue weighted by molar-refractivity contribution is 0.476. The van der Waals surface area contributed by atoms with Gasteiger partial charge in [0.15, 0.2) is 0 Å². The lowest BCUT2D eigenvalue weighted by atomic mass is 9.93. The van der Waals surface area contributed by atoms with Gasteiger partial charge in [0.1, 0.15) is 11.5 Å². The lowest BCUT2D eigenvalue weighted by Gasteiger charge is -2.12. The minimum absolute atomic E-state index is 0.00784. The second-order valence-electron chi connectivity index (χ2n) is 5.01. The summed E-state index contributed by atoms with van der Waals surface area (Å²) in [6.07, 6.45) is 0. The molecule has 3 aromatic rings. The molecule has 3 N–H and O–H groups in total. The zero-order valence-corrected chi connectivity index (χ0v) is 12.9. The van der Waals surface area contributed by atoms with E-state index in [0.717, 1.165) is 0 Å². The normalized spacial score (nSPS) is 11.3. The maximum atomic E-state index is 11.8. The largest absolute Gasteiger partial charge is 0.546 e. The fourth-order valence-corrected chi connectivity index (χ4v) is 3.24. The van der Waals surface area contributed by atoms with E-state index in [-0.39, 0.29) is 16.8 Å². The van der Waals surface area contributed by atoms with Crippen molar-refractivity contribution >= 4 is 13.3 Å². The maximum Gasteiger partial charge on any atom is 0.546 e. The Hall–Kier alpha value is -2.68. The fourth-order valence-electron chi connectivity index (χ4n) is 2.59. The van der Waals surface area contributed by atoms with Gasteiger partial charge < -0.3 is 10.2 Å². The number of phenols is 2. The predicted molar refractivity (Wildman–Crippen MR) is 90.1 cm³/mol. The monoisotopic (exact) mass is 325 g/mol. The molecular formula is C18H14O4P+. The quantitative estimate of drug-likeness (QED) is 0.640. The molecule has 0 saturated heterocycles. The van der Waals surface area contributed by atoms with Crippen LogP contribution in [-0.4, -0.2) is 15.1 Å². The van der Waals surface area contributed by atoms with Crippen LogP contribution in [0.2, 0.25) is 0 Å². The zero-order chi connectivity index (χ0) is 16.4. The first-order valence-corrected chi connectivity index (χ1v) is 8.16. The molecule has 4 nitrogen and oxygen atoms in total. The lowest BCUT2D eigenvalue weighted by Crippen LogP contribution is -2.04. The Balaban J connectivity index is 2.39. The van der Waals surface area contributed by atoms with Crippen molar-refractivity contribution < 1.29 is 19.7 Å². The van der Waals surface area contributed by atoms with Gasteiger partial charge in [0, 0.05) is 16.7 Å². The van der Waals surface area contributed by atoms with Crippen LogP contribution in [0.4, 0.5) is 0 Å². The Morgan fingerprint density at radius 1 is 0.652 bits per heavy atom. The summed E-state index contributed by atoms with van der Waals surface area (Å²) in [5.74, 6) is 0.0722. The Labute approximate surface area is 134 Å². The van der Waals surface area contributed by atoms with Crippen molar-refractivity contribution in [3.05, 3.63) is 66.7 Å². The second kappa shape index (κ2) is 6.21. The van der Waals surface area contributed by atoms with Crippen LogP contribution in [0.1, 0.15) is 0 Å². The second-order valence-corrected chi connectivity index (χ2v) is 6.03. The third-order valence-electron chi connectivity index (χ3n) is 3.62. The molecule has 3 rings (SSSR count). The Bertz CT molecular complexity index is 890. The molecule has 1 atom stereocenters. The van der Waals surface area contributed by atoms with Gasteiger partial charge in [0.05, 0.1) is 0 Å². The van der Waals surface area contributed by atoms with Crippen LogP contribution in [0.5, 0.6) is 11.5 Å². The first-order chi connectivity index (χ1) is 11.1. The van der Waals surface area contributed by atoms with Crippen molar-refractivity contribution in [2.75, 3.05) is 0 Å². The van der Waals surface area contributed by atoms with Gasteiger partial charge in [-0.1, -0.05) is 48.5 Å². The molecule has 0 aliphatic heterocycles. The summed E-state index contributed by atoms with van der Waals surface area (Å²) < 4.78 is 11.8. The molecule has 0 radical (unpaired) electrons. The van der Waals surface area contributed by atoms with E-state index in [2.05, 4.69) is 0 Å². The highest BCUT2D eigenvalue weighted by Gasteiger charge is 2.27. The first-order valence-electron chi connectivity index (χ1n) is 6.95. The summed E-state index contributed by atoms with van der Waals surface area (Å²) in [7, 11) is -2.61. The van der Waals surface area contributed by atoms with E-state index in [1.54, 1.807) is 60.7 Å².